The highest BCUT2D eigenvalue weighted by molar-refractivity contribution is 6.30. The van der Waals surface area contributed by atoms with Crippen LogP contribution in [0.3, 0.4) is 0 Å². The van der Waals surface area contributed by atoms with E-state index in [1.807, 2.05) is 19.1 Å². The van der Waals surface area contributed by atoms with Gasteiger partial charge < -0.3 is 15.7 Å². The summed E-state index contributed by atoms with van der Waals surface area (Å²) >= 11 is 5.87. The van der Waals surface area contributed by atoms with E-state index in [1.54, 1.807) is 24.3 Å². The Balaban J connectivity index is 1.92. The maximum Gasteiger partial charge on any atom is 0.319 e. The first kappa shape index (κ1) is 14.2. The Morgan fingerprint density at radius 1 is 1.25 bits per heavy atom. The average molecular weight is 291 g/mol. The number of hydrogen-bond donors (Lipinski definition) is 3. The molecule has 0 heterocycles. The summed E-state index contributed by atoms with van der Waals surface area (Å²) < 4.78 is 0. The zero-order valence-electron chi connectivity index (χ0n) is 11.0. The second-order valence-electron chi connectivity index (χ2n) is 4.44. The molecule has 0 aliphatic rings. The molecule has 0 bridgehead atoms. The Hall–Kier alpha value is -2.20. The largest absolute Gasteiger partial charge is 0.508 e. The fourth-order valence-corrected chi connectivity index (χ4v) is 2.00. The predicted octanol–water partition coefficient (Wildman–Crippen LogP) is 3.68. The van der Waals surface area contributed by atoms with Gasteiger partial charge in [-0.05, 0) is 48.4 Å². The van der Waals surface area contributed by atoms with Gasteiger partial charge in [0.1, 0.15) is 5.75 Å². The highest BCUT2D eigenvalue weighted by atomic mass is 35.5. The first-order valence-corrected chi connectivity index (χ1v) is 6.51. The quantitative estimate of drug-likeness (QED) is 0.755. The third-order valence-corrected chi connectivity index (χ3v) is 3.04. The molecule has 2 aromatic rings. The predicted molar refractivity (Wildman–Crippen MR) is 80.2 cm³/mol. The van der Waals surface area contributed by atoms with Crippen LogP contribution in [0.1, 0.15) is 11.1 Å². The van der Waals surface area contributed by atoms with Crippen LogP contribution in [0, 0.1) is 6.92 Å². The topological polar surface area (TPSA) is 61.4 Å². The number of carbonyl (C=O) groups is 1. The van der Waals surface area contributed by atoms with Gasteiger partial charge in [0.05, 0.1) is 0 Å². The highest BCUT2D eigenvalue weighted by Gasteiger charge is 2.05. The number of halogens is 1. The normalized spacial score (nSPS) is 10.1. The van der Waals surface area contributed by atoms with Gasteiger partial charge in [-0.25, -0.2) is 4.79 Å². The lowest BCUT2D eigenvalue weighted by Gasteiger charge is -2.10. The summed E-state index contributed by atoms with van der Waals surface area (Å²) in [6, 6.07) is 11.8. The Kier molecular flexibility index (Phi) is 4.48. The van der Waals surface area contributed by atoms with Crippen molar-refractivity contribution in [3.8, 4) is 5.75 Å². The van der Waals surface area contributed by atoms with Gasteiger partial charge in [0, 0.05) is 17.3 Å². The molecule has 2 aromatic carbocycles. The maximum atomic E-state index is 11.8. The fourth-order valence-electron chi connectivity index (χ4n) is 1.78. The number of nitrogens with one attached hydrogen (secondary N) is 2. The third-order valence-electron chi connectivity index (χ3n) is 2.80. The molecular weight excluding hydrogens is 276 g/mol. The van der Waals surface area contributed by atoms with E-state index in [0.717, 1.165) is 11.1 Å². The number of rotatable bonds is 3. The molecule has 3 N–H and O–H groups in total. The Bertz CT molecular complexity index is 629. The second-order valence-corrected chi connectivity index (χ2v) is 4.87. The standard InChI is InChI=1S/C15H15ClN2O2/c1-10-7-13(19)5-6-14(10)18-15(20)17-9-11-3-2-4-12(16)8-11/h2-8,19H,9H2,1H3,(H2,17,18,20). The number of anilines is 1. The molecule has 4 nitrogen and oxygen atoms in total. The van der Waals surface area contributed by atoms with Gasteiger partial charge in [0.25, 0.3) is 0 Å². The molecular formula is C15H15ClN2O2. The summed E-state index contributed by atoms with van der Waals surface area (Å²) in [5, 5.41) is 15.4. The molecule has 0 aromatic heterocycles. The number of phenolic OH excluding ortho intramolecular Hbond substituents is 1. The molecule has 0 spiro atoms. The smallest absolute Gasteiger partial charge is 0.319 e. The van der Waals surface area contributed by atoms with Crippen LogP contribution in [-0.4, -0.2) is 11.1 Å². The van der Waals surface area contributed by atoms with Gasteiger partial charge in [0.2, 0.25) is 0 Å². The van der Waals surface area contributed by atoms with Crippen molar-refractivity contribution in [2.75, 3.05) is 5.32 Å². The van der Waals surface area contributed by atoms with Gasteiger partial charge >= 0.3 is 6.03 Å². The molecule has 0 saturated heterocycles. The number of carbonyl (C=O) groups excluding carboxylic acids is 1. The third kappa shape index (κ3) is 3.90. The number of urea groups is 1. The molecule has 0 aliphatic carbocycles. The molecule has 0 saturated carbocycles. The molecule has 0 aliphatic heterocycles. The summed E-state index contributed by atoms with van der Waals surface area (Å²) in [6.45, 7) is 2.20. The van der Waals surface area contributed by atoms with E-state index in [0.29, 0.717) is 17.3 Å². The maximum absolute atomic E-state index is 11.8. The monoisotopic (exact) mass is 290 g/mol. The second kappa shape index (κ2) is 6.30. The van der Waals surface area contributed by atoms with Crippen molar-refractivity contribution in [3.05, 3.63) is 58.6 Å². The summed E-state index contributed by atoms with van der Waals surface area (Å²) in [7, 11) is 0. The summed E-state index contributed by atoms with van der Waals surface area (Å²) in [4.78, 5) is 11.8. The molecule has 0 fully saturated rings. The highest BCUT2D eigenvalue weighted by Crippen LogP contribution is 2.19. The fraction of sp³-hybridized carbons (Fsp3) is 0.133. The molecule has 0 atom stereocenters. The van der Waals surface area contributed by atoms with E-state index < -0.39 is 0 Å². The van der Waals surface area contributed by atoms with Gasteiger partial charge in [0.15, 0.2) is 0 Å². The number of aromatic hydroxyl groups is 1. The first-order valence-electron chi connectivity index (χ1n) is 6.13. The zero-order valence-corrected chi connectivity index (χ0v) is 11.7. The molecule has 20 heavy (non-hydrogen) atoms. The van der Waals surface area contributed by atoms with Crippen molar-refractivity contribution < 1.29 is 9.90 Å². The minimum absolute atomic E-state index is 0.174. The number of phenols is 1. The number of benzene rings is 2. The molecule has 0 unspecified atom stereocenters. The molecule has 104 valence electrons. The van der Waals surface area contributed by atoms with Crippen molar-refractivity contribution in [1.82, 2.24) is 5.32 Å². The van der Waals surface area contributed by atoms with Gasteiger partial charge in [-0.1, -0.05) is 23.7 Å². The van der Waals surface area contributed by atoms with Crippen LogP contribution in [0.5, 0.6) is 5.75 Å². The van der Waals surface area contributed by atoms with Gasteiger partial charge in [-0.15, -0.1) is 0 Å². The van der Waals surface area contributed by atoms with Crippen molar-refractivity contribution in [3.63, 3.8) is 0 Å². The molecule has 2 amide bonds. The van der Waals surface area contributed by atoms with Crippen LogP contribution in [-0.2, 0) is 6.54 Å². The minimum atomic E-state index is -0.307. The molecule has 2 rings (SSSR count). The Morgan fingerprint density at radius 2 is 2.05 bits per heavy atom. The number of amides is 2. The summed E-state index contributed by atoms with van der Waals surface area (Å²) in [5.41, 5.74) is 2.38. The van der Waals surface area contributed by atoms with Crippen LogP contribution in [0.25, 0.3) is 0 Å². The lowest BCUT2D eigenvalue weighted by atomic mass is 10.2. The van der Waals surface area contributed by atoms with E-state index in [9.17, 15) is 9.90 Å². The van der Waals surface area contributed by atoms with E-state index >= 15 is 0 Å². The van der Waals surface area contributed by atoms with E-state index in [2.05, 4.69) is 10.6 Å². The van der Waals surface area contributed by atoms with Crippen LogP contribution < -0.4 is 10.6 Å². The van der Waals surface area contributed by atoms with Gasteiger partial charge in [-0.2, -0.15) is 0 Å². The van der Waals surface area contributed by atoms with Crippen molar-refractivity contribution in [2.24, 2.45) is 0 Å². The SMILES string of the molecule is Cc1cc(O)ccc1NC(=O)NCc1cccc(Cl)c1. The van der Waals surface area contributed by atoms with Crippen LogP contribution in [0.15, 0.2) is 42.5 Å². The Morgan fingerprint density at radius 3 is 2.75 bits per heavy atom. The molecule has 0 radical (unpaired) electrons. The number of aryl methyl sites for hydroxylation is 1. The van der Waals surface area contributed by atoms with Crippen LogP contribution >= 0.6 is 11.6 Å². The van der Waals surface area contributed by atoms with Crippen molar-refractivity contribution in [2.45, 2.75) is 13.5 Å². The lowest BCUT2D eigenvalue weighted by molar-refractivity contribution is 0.251. The summed E-state index contributed by atoms with van der Waals surface area (Å²) in [6.07, 6.45) is 0. The van der Waals surface area contributed by atoms with E-state index in [-0.39, 0.29) is 11.8 Å². The zero-order chi connectivity index (χ0) is 14.5. The Labute approximate surface area is 122 Å². The van der Waals surface area contributed by atoms with Crippen LogP contribution in [0.4, 0.5) is 10.5 Å². The van der Waals surface area contributed by atoms with Crippen LogP contribution in [0.2, 0.25) is 5.02 Å². The van der Waals surface area contributed by atoms with E-state index in [1.165, 1.54) is 6.07 Å². The van der Waals surface area contributed by atoms with Gasteiger partial charge in [-0.3, -0.25) is 0 Å². The van der Waals surface area contributed by atoms with Crippen molar-refractivity contribution in [1.29, 1.82) is 0 Å². The van der Waals surface area contributed by atoms with Crippen molar-refractivity contribution >= 4 is 23.3 Å². The lowest BCUT2D eigenvalue weighted by Crippen LogP contribution is -2.28. The average Bonchev–Trinajstić information content (AvgIpc) is 2.40. The van der Waals surface area contributed by atoms with E-state index in [4.69, 9.17) is 11.6 Å². The molecule has 5 heteroatoms. The summed E-state index contributed by atoms with van der Waals surface area (Å²) in [5.74, 6) is 0.174. The number of hydrogen-bond acceptors (Lipinski definition) is 2. The minimum Gasteiger partial charge on any atom is -0.508 e. The first-order chi connectivity index (χ1) is 9.54.